The lowest BCUT2D eigenvalue weighted by atomic mass is 10.1. The molecule has 0 bridgehead atoms. The van der Waals surface area contributed by atoms with E-state index in [4.69, 9.17) is 11.6 Å². The average molecular weight is 430 g/mol. The molecule has 150 valence electrons. The van der Waals surface area contributed by atoms with Crippen LogP contribution in [0.2, 0.25) is 5.02 Å². The molecule has 0 aliphatic rings. The van der Waals surface area contributed by atoms with Crippen LogP contribution >= 0.6 is 11.6 Å². The number of benzene rings is 2. The Hall–Kier alpha value is -2.74. The lowest BCUT2D eigenvalue weighted by molar-refractivity contribution is 0.0939. The molecule has 0 radical (unpaired) electrons. The second-order valence-electron chi connectivity index (χ2n) is 6.43. The number of aromatic nitrogens is 1. The normalized spacial score (nSPS) is 12.3. The Morgan fingerprint density at radius 2 is 1.76 bits per heavy atom. The molecule has 0 fully saturated rings. The van der Waals surface area contributed by atoms with Gasteiger partial charge in [0.1, 0.15) is 4.90 Å². The number of nitrogens with one attached hydrogen (secondary N) is 2. The Morgan fingerprint density at radius 1 is 1.07 bits per heavy atom. The fraction of sp³-hybridized carbons (Fsp3) is 0.143. The van der Waals surface area contributed by atoms with Crippen molar-refractivity contribution in [1.82, 2.24) is 15.0 Å². The molecule has 0 spiro atoms. The van der Waals surface area contributed by atoms with E-state index in [9.17, 15) is 13.2 Å². The van der Waals surface area contributed by atoms with Gasteiger partial charge in [0.25, 0.3) is 5.91 Å². The quantitative estimate of drug-likeness (QED) is 0.599. The zero-order valence-corrected chi connectivity index (χ0v) is 17.2. The molecule has 6 nitrogen and oxygen atoms in total. The first kappa shape index (κ1) is 21.0. The summed E-state index contributed by atoms with van der Waals surface area (Å²) in [5, 5.41) is 2.89. The summed E-state index contributed by atoms with van der Waals surface area (Å²) in [7, 11) is -3.90. The van der Waals surface area contributed by atoms with Gasteiger partial charge in [0, 0.05) is 24.5 Å². The van der Waals surface area contributed by atoms with Gasteiger partial charge >= 0.3 is 0 Å². The SMILES string of the molecule is C[C@@H](NC(=O)c1ccc(Cl)c(S(=O)(=O)NCc2ccccc2)c1)c1ccncc1. The lowest BCUT2D eigenvalue weighted by Crippen LogP contribution is -2.27. The van der Waals surface area contributed by atoms with Gasteiger partial charge in [-0.1, -0.05) is 41.9 Å². The zero-order chi connectivity index (χ0) is 20.9. The van der Waals surface area contributed by atoms with Crippen molar-refractivity contribution in [2.45, 2.75) is 24.4 Å². The highest BCUT2D eigenvalue weighted by Crippen LogP contribution is 2.23. The van der Waals surface area contributed by atoms with Gasteiger partial charge in [-0.15, -0.1) is 0 Å². The molecule has 1 atom stereocenters. The maximum absolute atomic E-state index is 12.7. The molecule has 0 unspecified atom stereocenters. The fourth-order valence-corrected chi connectivity index (χ4v) is 4.26. The van der Waals surface area contributed by atoms with Gasteiger partial charge in [0.15, 0.2) is 0 Å². The van der Waals surface area contributed by atoms with E-state index in [2.05, 4.69) is 15.0 Å². The predicted molar refractivity (Wildman–Crippen MR) is 112 cm³/mol. The maximum Gasteiger partial charge on any atom is 0.251 e. The molecule has 0 aliphatic heterocycles. The summed E-state index contributed by atoms with van der Waals surface area (Å²) in [6.07, 6.45) is 3.28. The molecule has 2 aromatic carbocycles. The molecule has 2 N–H and O–H groups in total. The van der Waals surface area contributed by atoms with Crippen LogP contribution in [0, 0.1) is 0 Å². The van der Waals surface area contributed by atoms with Crippen molar-refractivity contribution in [3.63, 3.8) is 0 Å². The number of nitrogens with zero attached hydrogens (tertiary/aromatic N) is 1. The van der Waals surface area contributed by atoms with E-state index >= 15 is 0 Å². The largest absolute Gasteiger partial charge is 0.346 e. The van der Waals surface area contributed by atoms with E-state index in [0.717, 1.165) is 11.1 Å². The standard InChI is InChI=1S/C21H20ClN3O3S/c1-15(17-9-11-23-12-10-17)25-21(26)18-7-8-19(22)20(13-18)29(27,28)24-14-16-5-3-2-4-6-16/h2-13,15,24H,14H2,1H3,(H,25,26)/t15-/m1/s1. The molecule has 0 saturated heterocycles. The first-order chi connectivity index (χ1) is 13.9. The summed E-state index contributed by atoms with van der Waals surface area (Å²) in [5.74, 6) is -0.398. The Morgan fingerprint density at radius 3 is 2.45 bits per heavy atom. The second kappa shape index (κ2) is 9.17. The molecule has 3 rings (SSSR count). The van der Waals surface area contributed by atoms with Gasteiger partial charge in [0.05, 0.1) is 11.1 Å². The van der Waals surface area contributed by atoms with Crippen molar-refractivity contribution < 1.29 is 13.2 Å². The summed E-state index contributed by atoms with van der Waals surface area (Å²) in [4.78, 5) is 16.4. The highest BCUT2D eigenvalue weighted by Gasteiger charge is 2.21. The van der Waals surface area contributed by atoms with Gasteiger partial charge in [-0.2, -0.15) is 0 Å². The van der Waals surface area contributed by atoms with Crippen molar-refractivity contribution in [1.29, 1.82) is 0 Å². The molecular formula is C21H20ClN3O3S. The summed E-state index contributed by atoms with van der Waals surface area (Å²) >= 11 is 6.11. The first-order valence-corrected chi connectivity index (χ1v) is 10.8. The zero-order valence-electron chi connectivity index (χ0n) is 15.7. The van der Waals surface area contributed by atoms with Crippen LogP contribution in [0.3, 0.4) is 0 Å². The van der Waals surface area contributed by atoms with E-state index < -0.39 is 15.9 Å². The molecule has 0 aliphatic carbocycles. The van der Waals surface area contributed by atoms with Crippen molar-refractivity contribution in [2.75, 3.05) is 0 Å². The van der Waals surface area contributed by atoms with Gasteiger partial charge in [0.2, 0.25) is 10.0 Å². The van der Waals surface area contributed by atoms with Crippen molar-refractivity contribution >= 4 is 27.5 Å². The third-order valence-electron chi connectivity index (χ3n) is 4.35. The molecule has 1 aromatic heterocycles. The van der Waals surface area contributed by atoms with E-state index in [-0.39, 0.29) is 28.1 Å². The van der Waals surface area contributed by atoms with Crippen LogP contribution < -0.4 is 10.0 Å². The summed E-state index contributed by atoms with van der Waals surface area (Å²) in [5.41, 5.74) is 1.90. The molecule has 3 aromatic rings. The molecule has 29 heavy (non-hydrogen) atoms. The molecule has 1 amide bonds. The summed E-state index contributed by atoms with van der Waals surface area (Å²) in [6.45, 7) is 1.96. The minimum Gasteiger partial charge on any atom is -0.346 e. The van der Waals surface area contributed by atoms with Crippen molar-refractivity contribution in [2.24, 2.45) is 0 Å². The number of amides is 1. The minimum atomic E-state index is -3.90. The minimum absolute atomic E-state index is 0.0456. The Kier molecular flexibility index (Phi) is 6.64. The average Bonchev–Trinajstić information content (AvgIpc) is 2.74. The van der Waals surface area contributed by atoms with Gasteiger partial charge in [-0.25, -0.2) is 13.1 Å². The van der Waals surface area contributed by atoms with E-state index in [1.807, 2.05) is 37.3 Å². The van der Waals surface area contributed by atoms with Crippen molar-refractivity contribution in [3.8, 4) is 0 Å². The second-order valence-corrected chi connectivity index (χ2v) is 8.57. The van der Waals surface area contributed by atoms with Gasteiger partial charge in [-0.05, 0) is 48.4 Å². The van der Waals surface area contributed by atoms with Crippen LogP contribution in [0.5, 0.6) is 0 Å². The Labute approximate surface area is 175 Å². The van der Waals surface area contributed by atoms with Crippen LogP contribution in [0.4, 0.5) is 0 Å². The highest BCUT2D eigenvalue weighted by molar-refractivity contribution is 7.89. The first-order valence-electron chi connectivity index (χ1n) is 8.91. The number of halogens is 1. The Balaban J connectivity index is 1.77. The van der Waals surface area contributed by atoms with Crippen LogP contribution in [0.1, 0.15) is 34.5 Å². The van der Waals surface area contributed by atoms with E-state index in [1.54, 1.807) is 24.5 Å². The van der Waals surface area contributed by atoms with Crippen LogP contribution in [0.25, 0.3) is 0 Å². The number of pyridine rings is 1. The lowest BCUT2D eigenvalue weighted by Gasteiger charge is -2.15. The predicted octanol–water partition coefficient (Wildman–Crippen LogP) is 3.70. The molecule has 0 saturated carbocycles. The fourth-order valence-electron chi connectivity index (χ4n) is 2.72. The molecule has 8 heteroatoms. The number of carbonyl (C=O) groups is 1. The number of hydrogen-bond donors (Lipinski definition) is 2. The number of carbonyl (C=O) groups excluding carboxylic acids is 1. The monoisotopic (exact) mass is 429 g/mol. The summed E-state index contributed by atoms with van der Waals surface area (Å²) in [6, 6.07) is 16.6. The third-order valence-corrected chi connectivity index (χ3v) is 6.23. The highest BCUT2D eigenvalue weighted by atomic mass is 35.5. The number of hydrogen-bond acceptors (Lipinski definition) is 4. The van der Waals surface area contributed by atoms with Crippen LogP contribution in [-0.4, -0.2) is 19.3 Å². The van der Waals surface area contributed by atoms with E-state index in [1.165, 1.54) is 18.2 Å². The Bertz CT molecular complexity index is 1090. The van der Waals surface area contributed by atoms with Crippen LogP contribution in [0.15, 0.2) is 78.0 Å². The third kappa shape index (κ3) is 5.41. The van der Waals surface area contributed by atoms with Crippen LogP contribution in [-0.2, 0) is 16.6 Å². The van der Waals surface area contributed by atoms with Crippen molar-refractivity contribution in [3.05, 3.63) is 94.8 Å². The molecular weight excluding hydrogens is 410 g/mol. The topological polar surface area (TPSA) is 88.2 Å². The maximum atomic E-state index is 12.7. The van der Waals surface area contributed by atoms with Gasteiger partial charge in [-0.3, -0.25) is 9.78 Å². The smallest absolute Gasteiger partial charge is 0.251 e. The number of sulfonamides is 1. The molecule has 1 heterocycles. The summed E-state index contributed by atoms with van der Waals surface area (Å²) < 4.78 is 27.9. The number of rotatable bonds is 7. The van der Waals surface area contributed by atoms with Gasteiger partial charge < -0.3 is 5.32 Å². The van der Waals surface area contributed by atoms with E-state index in [0.29, 0.717) is 0 Å².